The highest BCUT2D eigenvalue weighted by molar-refractivity contribution is 5.69. The molecule has 2 rings (SSSR count). The molecule has 0 aromatic heterocycles. The molecule has 2 heterocycles. The molecule has 2 saturated heterocycles. The molecule has 0 spiro atoms. The summed E-state index contributed by atoms with van der Waals surface area (Å²) >= 11 is 0. The summed E-state index contributed by atoms with van der Waals surface area (Å²) in [6.07, 6.45) is 11.1. The quantitative estimate of drug-likeness (QED) is 0.204. The molecule has 8 nitrogen and oxygen atoms in total. The first kappa shape index (κ1) is 33.0. The van der Waals surface area contributed by atoms with E-state index in [1.54, 1.807) is 0 Å². The standard InChI is InChI=1S/C30H55N2O6/c1-27(2)19-23(20-28(3,4)31(27)35)37-25(33)17-15-13-11-9-10-12-14-16-18-26(34)38-24-21-29(5,6)32(36)30(7,8)22-24/h23-24,35H,9-22H2,1-8H3. The summed E-state index contributed by atoms with van der Waals surface area (Å²) in [7, 11) is 0. The van der Waals surface area contributed by atoms with Crippen LogP contribution in [-0.4, -0.2) is 61.6 Å². The third-order valence-corrected chi connectivity index (χ3v) is 8.26. The van der Waals surface area contributed by atoms with Crippen molar-refractivity contribution in [3.8, 4) is 0 Å². The van der Waals surface area contributed by atoms with E-state index in [0.29, 0.717) is 38.5 Å². The third-order valence-electron chi connectivity index (χ3n) is 8.26. The Kier molecular flexibility index (Phi) is 11.7. The van der Waals surface area contributed by atoms with Gasteiger partial charge in [-0.05, 0) is 68.2 Å². The van der Waals surface area contributed by atoms with E-state index in [1.807, 2.05) is 55.4 Å². The number of hydroxylamine groups is 4. The van der Waals surface area contributed by atoms with Crippen molar-refractivity contribution in [3.63, 3.8) is 0 Å². The van der Waals surface area contributed by atoms with Crippen LogP contribution in [-0.2, 0) is 24.3 Å². The summed E-state index contributed by atoms with van der Waals surface area (Å²) in [4.78, 5) is 24.6. The molecule has 1 radical (unpaired) electrons. The molecule has 0 saturated carbocycles. The molecule has 8 heteroatoms. The van der Waals surface area contributed by atoms with E-state index >= 15 is 0 Å². The van der Waals surface area contributed by atoms with Crippen molar-refractivity contribution in [2.45, 2.75) is 180 Å². The predicted octanol–water partition coefficient (Wildman–Crippen LogP) is 6.75. The summed E-state index contributed by atoms with van der Waals surface area (Å²) < 4.78 is 11.5. The van der Waals surface area contributed by atoms with Crippen LogP contribution in [0.15, 0.2) is 0 Å². The first-order chi connectivity index (χ1) is 17.5. The minimum atomic E-state index is -0.528. The summed E-state index contributed by atoms with van der Waals surface area (Å²) in [6.45, 7) is 15.6. The SMILES string of the molecule is CC1(C)CC(OC(=O)CCCCCCCCCCC(=O)OC2CC(C)(C)N(O)C(C)(C)C2)CC(C)(C)N1[O]. The molecule has 1 N–H and O–H groups in total. The molecule has 0 amide bonds. The Hall–Kier alpha value is -1.22. The highest BCUT2D eigenvalue weighted by Gasteiger charge is 2.48. The van der Waals surface area contributed by atoms with Crippen LogP contribution in [0.3, 0.4) is 0 Å². The lowest BCUT2D eigenvalue weighted by molar-refractivity contribution is -0.299. The number of carbonyl (C=O) groups excluding carboxylic acids is 2. The number of unbranched alkanes of at least 4 members (excludes halogenated alkanes) is 7. The molecule has 0 aromatic carbocycles. The van der Waals surface area contributed by atoms with Gasteiger partial charge in [0.2, 0.25) is 0 Å². The zero-order chi connectivity index (χ0) is 28.8. The van der Waals surface area contributed by atoms with Gasteiger partial charge in [0.1, 0.15) is 12.2 Å². The fourth-order valence-electron chi connectivity index (χ4n) is 6.61. The van der Waals surface area contributed by atoms with E-state index < -0.39 is 22.2 Å². The van der Waals surface area contributed by atoms with E-state index in [4.69, 9.17) is 9.47 Å². The Morgan fingerprint density at radius 3 is 1.24 bits per heavy atom. The highest BCUT2D eigenvalue weighted by atomic mass is 16.6. The van der Waals surface area contributed by atoms with Crippen molar-refractivity contribution in [1.82, 2.24) is 10.1 Å². The van der Waals surface area contributed by atoms with Gasteiger partial charge < -0.3 is 14.7 Å². The Morgan fingerprint density at radius 1 is 0.605 bits per heavy atom. The number of hydrogen-bond donors (Lipinski definition) is 1. The van der Waals surface area contributed by atoms with Gasteiger partial charge in [-0.15, -0.1) is 10.3 Å². The van der Waals surface area contributed by atoms with Crippen molar-refractivity contribution in [1.29, 1.82) is 0 Å². The first-order valence-electron chi connectivity index (χ1n) is 14.8. The lowest BCUT2D eigenvalue weighted by Gasteiger charge is -2.50. The zero-order valence-corrected chi connectivity index (χ0v) is 25.4. The van der Waals surface area contributed by atoms with Crippen molar-refractivity contribution >= 4 is 11.9 Å². The third kappa shape index (κ3) is 9.76. The van der Waals surface area contributed by atoms with Gasteiger partial charge in [-0.3, -0.25) is 9.59 Å². The maximum Gasteiger partial charge on any atom is 0.306 e. The maximum atomic E-state index is 12.5. The van der Waals surface area contributed by atoms with E-state index in [2.05, 4.69) is 0 Å². The molecule has 2 fully saturated rings. The van der Waals surface area contributed by atoms with Gasteiger partial charge in [-0.1, -0.05) is 38.5 Å². The van der Waals surface area contributed by atoms with Gasteiger partial charge in [0.15, 0.2) is 0 Å². The second kappa shape index (κ2) is 13.4. The van der Waals surface area contributed by atoms with Crippen LogP contribution in [0.4, 0.5) is 0 Å². The summed E-state index contributed by atoms with van der Waals surface area (Å²) in [6, 6.07) is 0. The van der Waals surface area contributed by atoms with Gasteiger partial charge >= 0.3 is 11.9 Å². The average Bonchev–Trinajstić information content (AvgIpc) is 2.76. The van der Waals surface area contributed by atoms with Crippen molar-refractivity contribution < 1.29 is 29.5 Å². The topological polar surface area (TPSA) is 99.2 Å². The second-order valence-electron chi connectivity index (χ2n) is 14.2. The summed E-state index contributed by atoms with van der Waals surface area (Å²) in [5.74, 6) is -0.285. The summed E-state index contributed by atoms with van der Waals surface area (Å²) in [5, 5.41) is 25.4. The molecule has 0 aliphatic carbocycles. The predicted molar refractivity (Wildman–Crippen MR) is 147 cm³/mol. The largest absolute Gasteiger partial charge is 0.462 e. The van der Waals surface area contributed by atoms with Gasteiger partial charge in [0.25, 0.3) is 0 Å². The fourth-order valence-corrected chi connectivity index (χ4v) is 6.61. The van der Waals surface area contributed by atoms with Crippen molar-refractivity contribution in [2.75, 3.05) is 0 Å². The van der Waals surface area contributed by atoms with Crippen LogP contribution in [0, 0.1) is 0 Å². The van der Waals surface area contributed by atoms with Crippen LogP contribution in [0.2, 0.25) is 0 Å². The lowest BCUT2D eigenvalue weighted by atomic mass is 9.80. The van der Waals surface area contributed by atoms with Crippen LogP contribution in [0.1, 0.15) is 145 Å². The minimum absolute atomic E-state index is 0.134. The van der Waals surface area contributed by atoms with E-state index in [1.165, 1.54) is 5.06 Å². The number of carbonyl (C=O) groups is 2. The average molecular weight is 540 g/mol. The van der Waals surface area contributed by atoms with E-state index in [-0.39, 0.29) is 24.1 Å². The molecule has 38 heavy (non-hydrogen) atoms. The maximum absolute atomic E-state index is 12.5. The number of nitrogens with zero attached hydrogens (tertiary/aromatic N) is 2. The number of piperidine rings is 2. The van der Waals surface area contributed by atoms with Crippen molar-refractivity contribution in [2.24, 2.45) is 0 Å². The second-order valence-corrected chi connectivity index (χ2v) is 14.2. The molecule has 2 aliphatic heterocycles. The lowest BCUT2D eigenvalue weighted by Crippen LogP contribution is -2.60. The molecule has 0 unspecified atom stereocenters. The number of hydrogen-bond acceptors (Lipinski definition) is 7. The van der Waals surface area contributed by atoms with E-state index in [0.717, 1.165) is 56.4 Å². The molecule has 0 aromatic rings. The Labute approximate surface area is 231 Å². The van der Waals surface area contributed by atoms with Crippen LogP contribution in [0.5, 0.6) is 0 Å². The van der Waals surface area contributed by atoms with Crippen LogP contribution >= 0.6 is 0 Å². The van der Waals surface area contributed by atoms with Crippen LogP contribution < -0.4 is 0 Å². The molecule has 221 valence electrons. The fraction of sp³-hybridized carbons (Fsp3) is 0.933. The normalized spacial score (nSPS) is 23.7. The Bertz CT molecular complexity index is 679. The Balaban J connectivity index is 1.48. The van der Waals surface area contributed by atoms with Crippen LogP contribution in [0.25, 0.3) is 0 Å². The van der Waals surface area contributed by atoms with Crippen molar-refractivity contribution in [3.05, 3.63) is 0 Å². The van der Waals surface area contributed by atoms with Gasteiger partial charge in [-0.25, -0.2) is 0 Å². The minimum Gasteiger partial charge on any atom is -0.462 e. The Morgan fingerprint density at radius 2 is 0.895 bits per heavy atom. The molecular formula is C30H55N2O6. The highest BCUT2D eigenvalue weighted by Crippen LogP contribution is 2.39. The van der Waals surface area contributed by atoms with Gasteiger partial charge in [0, 0.05) is 60.7 Å². The zero-order valence-electron chi connectivity index (χ0n) is 25.4. The molecular weight excluding hydrogens is 484 g/mol. The summed E-state index contributed by atoms with van der Waals surface area (Å²) in [5.41, 5.74) is -1.89. The first-order valence-corrected chi connectivity index (χ1v) is 14.8. The van der Waals surface area contributed by atoms with E-state index in [9.17, 15) is 20.0 Å². The number of rotatable bonds is 13. The number of ether oxygens (including phenoxy) is 2. The number of esters is 2. The smallest absolute Gasteiger partial charge is 0.306 e. The monoisotopic (exact) mass is 539 g/mol. The van der Waals surface area contributed by atoms with Gasteiger partial charge in [-0.2, -0.15) is 5.06 Å². The molecule has 0 atom stereocenters. The molecule has 0 bridgehead atoms. The van der Waals surface area contributed by atoms with Gasteiger partial charge in [0.05, 0.1) is 0 Å². The molecule has 2 aliphatic rings.